The summed E-state index contributed by atoms with van der Waals surface area (Å²) in [6.45, 7) is 5.53. The minimum atomic E-state index is -0.412. The molecular weight excluding hydrogens is 224 g/mol. The van der Waals surface area contributed by atoms with E-state index in [1.165, 1.54) is 11.0 Å². The Bertz CT molecular complexity index is 400. The molecule has 7 heteroatoms. The molecule has 17 heavy (non-hydrogen) atoms. The Morgan fingerprint density at radius 3 is 2.82 bits per heavy atom. The van der Waals surface area contributed by atoms with Gasteiger partial charge in [0.2, 0.25) is 5.91 Å². The minimum absolute atomic E-state index is 0.0641. The van der Waals surface area contributed by atoms with Gasteiger partial charge in [0, 0.05) is 5.92 Å². The lowest BCUT2D eigenvalue weighted by atomic mass is 10.2. The van der Waals surface area contributed by atoms with E-state index in [2.05, 4.69) is 15.5 Å². The molecule has 0 unspecified atom stereocenters. The smallest absolute Gasteiger partial charge is 0.329 e. The van der Waals surface area contributed by atoms with Crippen molar-refractivity contribution >= 4 is 17.7 Å². The summed E-state index contributed by atoms with van der Waals surface area (Å²) in [4.78, 5) is 23.7. The van der Waals surface area contributed by atoms with Crippen molar-refractivity contribution in [2.75, 3.05) is 11.9 Å². The molecule has 7 nitrogen and oxygen atoms in total. The SMILES string of the molecule is CCOC(=O)Cn1ncc(NC(=O)C(C)C)n1. The normalized spacial score (nSPS) is 10.4. The van der Waals surface area contributed by atoms with E-state index in [0.717, 1.165) is 0 Å². The molecule has 0 atom stereocenters. The van der Waals surface area contributed by atoms with Crippen LogP contribution in [0.4, 0.5) is 5.82 Å². The van der Waals surface area contributed by atoms with E-state index in [1.807, 2.05) is 0 Å². The summed E-state index contributed by atoms with van der Waals surface area (Å²) >= 11 is 0. The van der Waals surface area contributed by atoms with Gasteiger partial charge in [-0.15, -0.1) is 5.10 Å². The Hall–Kier alpha value is -1.92. The highest BCUT2D eigenvalue weighted by Crippen LogP contribution is 2.02. The Morgan fingerprint density at radius 2 is 2.24 bits per heavy atom. The minimum Gasteiger partial charge on any atom is -0.465 e. The summed E-state index contributed by atoms with van der Waals surface area (Å²) in [6.07, 6.45) is 1.39. The summed E-state index contributed by atoms with van der Waals surface area (Å²) < 4.78 is 4.75. The zero-order chi connectivity index (χ0) is 12.8. The van der Waals surface area contributed by atoms with Crippen LogP contribution in [0.1, 0.15) is 20.8 Å². The van der Waals surface area contributed by atoms with E-state index in [4.69, 9.17) is 4.74 Å². The maximum absolute atomic E-state index is 11.4. The molecule has 0 aromatic carbocycles. The Labute approximate surface area is 99.1 Å². The fraction of sp³-hybridized carbons (Fsp3) is 0.600. The highest BCUT2D eigenvalue weighted by molar-refractivity contribution is 5.90. The van der Waals surface area contributed by atoms with Crippen molar-refractivity contribution in [1.29, 1.82) is 0 Å². The molecule has 94 valence electrons. The summed E-state index contributed by atoms with van der Waals surface area (Å²) in [7, 11) is 0. The van der Waals surface area contributed by atoms with E-state index >= 15 is 0 Å². The van der Waals surface area contributed by atoms with Crippen molar-refractivity contribution in [2.24, 2.45) is 5.92 Å². The first-order chi connectivity index (χ1) is 8.02. The number of hydrogen-bond donors (Lipinski definition) is 1. The quantitative estimate of drug-likeness (QED) is 0.754. The lowest BCUT2D eigenvalue weighted by Gasteiger charge is -2.03. The van der Waals surface area contributed by atoms with E-state index in [0.29, 0.717) is 12.4 Å². The second kappa shape index (κ2) is 5.97. The zero-order valence-corrected chi connectivity index (χ0v) is 10.1. The Morgan fingerprint density at radius 1 is 1.53 bits per heavy atom. The summed E-state index contributed by atoms with van der Waals surface area (Å²) in [6, 6.07) is 0. The van der Waals surface area contributed by atoms with Crippen LogP contribution >= 0.6 is 0 Å². The third-order valence-corrected chi connectivity index (χ3v) is 1.89. The van der Waals surface area contributed by atoms with Crippen molar-refractivity contribution in [3.05, 3.63) is 6.20 Å². The highest BCUT2D eigenvalue weighted by Gasteiger charge is 2.11. The zero-order valence-electron chi connectivity index (χ0n) is 10.1. The second-order valence-electron chi connectivity index (χ2n) is 3.71. The lowest BCUT2D eigenvalue weighted by Crippen LogP contribution is -2.19. The van der Waals surface area contributed by atoms with Crippen LogP contribution in [0, 0.1) is 5.92 Å². The lowest BCUT2D eigenvalue weighted by molar-refractivity contribution is -0.144. The number of anilines is 1. The van der Waals surface area contributed by atoms with Crippen molar-refractivity contribution in [2.45, 2.75) is 27.3 Å². The number of nitrogens with one attached hydrogen (secondary N) is 1. The number of amides is 1. The van der Waals surface area contributed by atoms with Crippen molar-refractivity contribution in [1.82, 2.24) is 15.0 Å². The molecular formula is C10H16N4O3. The van der Waals surface area contributed by atoms with E-state index in [9.17, 15) is 9.59 Å². The van der Waals surface area contributed by atoms with E-state index < -0.39 is 5.97 Å². The number of nitrogens with zero attached hydrogens (tertiary/aromatic N) is 3. The average molecular weight is 240 g/mol. The molecule has 1 aromatic rings. The predicted octanol–water partition coefficient (Wildman–Crippen LogP) is 0.436. The van der Waals surface area contributed by atoms with E-state index in [1.54, 1.807) is 20.8 Å². The van der Waals surface area contributed by atoms with Crippen LogP contribution < -0.4 is 5.32 Å². The standard InChI is InChI=1S/C10H16N4O3/c1-4-17-9(15)6-14-11-5-8(13-14)12-10(16)7(2)3/h5,7H,4,6H2,1-3H3,(H,12,13,16). The van der Waals surface area contributed by atoms with Gasteiger partial charge in [-0.2, -0.15) is 9.90 Å². The van der Waals surface area contributed by atoms with Crippen molar-refractivity contribution in [3.63, 3.8) is 0 Å². The monoisotopic (exact) mass is 240 g/mol. The molecule has 0 saturated carbocycles. The third kappa shape index (κ3) is 4.21. The van der Waals surface area contributed by atoms with Crippen LogP contribution in [0.5, 0.6) is 0 Å². The van der Waals surface area contributed by atoms with Crippen LogP contribution in [0.3, 0.4) is 0 Å². The summed E-state index contributed by atoms with van der Waals surface area (Å²) in [5.74, 6) is -0.365. The van der Waals surface area contributed by atoms with Crippen molar-refractivity contribution < 1.29 is 14.3 Å². The molecule has 0 fully saturated rings. The molecule has 0 spiro atoms. The number of aromatic nitrogens is 3. The number of ether oxygens (including phenoxy) is 1. The van der Waals surface area contributed by atoms with Crippen LogP contribution in [0.25, 0.3) is 0 Å². The van der Waals surface area contributed by atoms with Gasteiger partial charge in [0.25, 0.3) is 0 Å². The van der Waals surface area contributed by atoms with Gasteiger partial charge in [0.1, 0.15) is 0 Å². The van der Waals surface area contributed by atoms with E-state index in [-0.39, 0.29) is 18.4 Å². The third-order valence-electron chi connectivity index (χ3n) is 1.89. The molecule has 0 aliphatic rings. The second-order valence-corrected chi connectivity index (χ2v) is 3.71. The number of carbonyl (C=O) groups excluding carboxylic acids is 2. The number of carbonyl (C=O) groups is 2. The molecule has 0 bridgehead atoms. The van der Waals surface area contributed by atoms with Gasteiger partial charge in [0.15, 0.2) is 12.4 Å². The predicted molar refractivity (Wildman–Crippen MR) is 60.1 cm³/mol. The van der Waals surface area contributed by atoms with Gasteiger partial charge in [-0.05, 0) is 6.92 Å². The first-order valence-corrected chi connectivity index (χ1v) is 5.39. The van der Waals surface area contributed by atoms with Crippen LogP contribution in [-0.2, 0) is 20.9 Å². The van der Waals surface area contributed by atoms with Crippen molar-refractivity contribution in [3.8, 4) is 0 Å². The summed E-state index contributed by atoms with van der Waals surface area (Å²) in [5.41, 5.74) is 0. The summed E-state index contributed by atoms with van der Waals surface area (Å²) in [5, 5.41) is 10.3. The first-order valence-electron chi connectivity index (χ1n) is 5.39. The Balaban J connectivity index is 2.53. The fourth-order valence-corrected chi connectivity index (χ4v) is 1.02. The van der Waals surface area contributed by atoms with Crippen LogP contribution in [0.15, 0.2) is 6.20 Å². The molecule has 0 aliphatic heterocycles. The maximum Gasteiger partial charge on any atom is 0.329 e. The molecule has 1 aromatic heterocycles. The van der Waals surface area contributed by atoms with Gasteiger partial charge >= 0.3 is 5.97 Å². The number of rotatable bonds is 5. The average Bonchev–Trinajstić information content (AvgIpc) is 2.65. The molecule has 1 amide bonds. The molecule has 1 rings (SSSR count). The van der Waals surface area contributed by atoms with Crippen LogP contribution in [-0.4, -0.2) is 33.5 Å². The van der Waals surface area contributed by atoms with Crippen LogP contribution in [0.2, 0.25) is 0 Å². The fourth-order valence-electron chi connectivity index (χ4n) is 1.02. The maximum atomic E-state index is 11.4. The molecule has 1 heterocycles. The topological polar surface area (TPSA) is 86.1 Å². The highest BCUT2D eigenvalue weighted by atomic mass is 16.5. The number of hydrogen-bond acceptors (Lipinski definition) is 5. The number of esters is 1. The first kappa shape index (κ1) is 13.1. The van der Waals surface area contributed by atoms with Gasteiger partial charge in [-0.25, -0.2) is 4.79 Å². The van der Waals surface area contributed by atoms with Gasteiger partial charge < -0.3 is 10.1 Å². The van der Waals surface area contributed by atoms with Gasteiger partial charge in [-0.3, -0.25) is 4.79 Å². The largest absolute Gasteiger partial charge is 0.465 e. The van der Waals surface area contributed by atoms with Gasteiger partial charge in [0.05, 0.1) is 12.8 Å². The molecule has 0 aliphatic carbocycles. The molecule has 0 saturated heterocycles. The molecule has 0 radical (unpaired) electrons. The van der Waals surface area contributed by atoms with Gasteiger partial charge in [-0.1, -0.05) is 13.8 Å². The Kier molecular flexibility index (Phi) is 4.62. The molecule has 1 N–H and O–H groups in total.